The van der Waals surface area contributed by atoms with Crippen LogP contribution in [0.2, 0.25) is 0 Å². The van der Waals surface area contributed by atoms with Crippen LogP contribution in [0, 0.1) is 5.41 Å². The molecule has 3 aliphatic rings. The van der Waals surface area contributed by atoms with Crippen molar-refractivity contribution in [1.82, 2.24) is 9.97 Å². The molecule has 0 radical (unpaired) electrons. The minimum absolute atomic E-state index is 0.00382. The number of carbonyl (C=O) groups excluding carboxylic acids is 1. The highest BCUT2D eigenvalue weighted by molar-refractivity contribution is 6.73. The molecule has 3 aliphatic heterocycles. The van der Waals surface area contributed by atoms with Crippen molar-refractivity contribution in [3.05, 3.63) is 80.7 Å². The Bertz CT molecular complexity index is 1320. The number of aromatic amines is 2. The van der Waals surface area contributed by atoms with Crippen LogP contribution in [0.25, 0.3) is 12.2 Å². The summed E-state index contributed by atoms with van der Waals surface area (Å²) in [6.07, 6.45) is 5.62. The minimum Gasteiger partial charge on any atom is -0.358 e. The first-order chi connectivity index (χ1) is 16.6. The first-order valence-corrected chi connectivity index (χ1v) is 12.6. The van der Waals surface area contributed by atoms with Crippen LogP contribution in [0.3, 0.4) is 0 Å². The quantitative estimate of drug-likeness (QED) is 0.485. The number of Topliss-reactive ketones (excluding diaryl/α,β-unsaturated/α-hetero) is 1. The third kappa shape index (κ3) is 3.83. The van der Waals surface area contributed by atoms with Crippen molar-refractivity contribution >= 4 is 29.4 Å². The number of carbonyl (C=O) groups is 1. The van der Waals surface area contributed by atoms with Crippen LogP contribution < -0.4 is 0 Å². The fraction of sp³-hybridized carbons (Fsp3) is 0.367. The van der Waals surface area contributed by atoms with Crippen LogP contribution in [0.1, 0.15) is 90.0 Å². The third-order valence-corrected chi connectivity index (χ3v) is 7.38. The Balaban J connectivity index is 1.77. The highest BCUT2D eigenvalue weighted by atomic mass is 16.1. The zero-order valence-corrected chi connectivity index (χ0v) is 21.8. The van der Waals surface area contributed by atoms with Crippen molar-refractivity contribution in [1.29, 1.82) is 0 Å². The molecular weight excluding hydrogens is 432 g/mol. The van der Waals surface area contributed by atoms with Gasteiger partial charge in [0.15, 0.2) is 0 Å². The van der Waals surface area contributed by atoms with Gasteiger partial charge in [-0.1, -0.05) is 34.6 Å². The highest BCUT2D eigenvalue weighted by Gasteiger charge is 2.34. The normalized spacial score (nSPS) is 23.3. The molecule has 0 saturated carbocycles. The topological polar surface area (TPSA) is 73.4 Å². The molecule has 0 fully saturated rings. The number of aromatic nitrogens is 2. The molecule has 0 amide bonds. The average molecular weight is 467 g/mol. The van der Waals surface area contributed by atoms with Crippen LogP contribution in [-0.2, 0) is 4.79 Å². The molecule has 2 N–H and O–H groups in total. The molecule has 5 heteroatoms. The average Bonchev–Trinajstić information content (AvgIpc) is 3.56. The van der Waals surface area contributed by atoms with Gasteiger partial charge in [-0.15, -0.1) is 0 Å². The van der Waals surface area contributed by atoms with E-state index in [1.54, 1.807) is 0 Å². The maximum atomic E-state index is 13.8. The monoisotopic (exact) mass is 466 g/mol. The zero-order chi connectivity index (χ0) is 25.1. The third-order valence-electron chi connectivity index (χ3n) is 7.38. The van der Waals surface area contributed by atoms with E-state index in [0.29, 0.717) is 11.4 Å². The molecule has 5 nitrogen and oxygen atoms in total. The molecule has 0 unspecified atom stereocenters. The minimum atomic E-state index is -0.0801. The predicted octanol–water partition coefficient (Wildman–Crippen LogP) is 7.15. The summed E-state index contributed by atoms with van der Waals surface area (Å²) in [6.45, 7) is 15.1. The number of nitrogens with zero attached hydrogens (tertiary/aromatic N) is 2. The van der Waals surface area contributed by atoms with E-state index < -0.39 is 0 Å². The summed E-state index contributed by atoms with van der Waals surface area (Å²) in [4.78, 5) is 30.8. The standard InChI is InChI=1S/C30H34N4O/c1-8-20-16(3)24-14-18-10-12-22(31-18)26(30(5,6)7)23-13-11-19(32-23)15-25-17(4)21(9-2)28(34-25)29(35)27(20)33-24/h10-15,26,31-32H,8-9H2,1-7H3/b24-14-,25-15-. The molecule has 5 heterocycles. The summed E-state index contributed by atoms with van der Waals surface area (Å²) in [6, 6.07) is 8.54. The summed E-state index contributed by atoms with van der Waals surface area (Å²) in [7, 11) is 0. The first kappa shape index (κ1) is 23.3. The van der Waals surface area contributed by atoms with Crippen molar-refractivity contribution < 1.29 is 4.79 Å². The molecule has 2 aromatic heterocycles. The van der Waals surface area contributed by atoms with Crippen molar-refractivity contribution in [2.75, 3.05) is 0 Å². The summed E-state index contributed by atoms with van der Waals surface area (Å²) < 4.78 is 0. The van der Waals surface area contributed by atoms with Gasteiger partial charge in [0.2, 0.25) is 5.78 Å². The largest absolute Gasteiger partial charge is 0.358 e. The molecule has 0 saturated heterocycles. The molecule has 5 rings (SSSR count). The van der Waals surface area contributed by atoms with Gasteiger partial charge >= 0.3 is 0 Å². The van der Waals surface area contributed by atoms with E-state index >= 15 is 0 Å². The van der Waals surface area contributed by atoms with E-state index in [1.807, 2.05) is 0 Å². The van der Waals surface area contributed by atoms with Crippen LogP contribution in [0.5, 0.6) is 0 Å². The second-order valence-corrected chi connectivity index (χ2v) is 10.8. The lowest BCUT2D eigenvalue weighted by Gasteiger charge is -2.29. The zero-order valence-electron chi connectivity index (χ0n) is 21.8. The van der Waals surface area contributed by atoms with E-state index in [2.05, 4.69) is 94.9 Å². The van der Waals surface area contributed by atoms with Crippen LogP contribution >= 0.6 is 0 Å². The second kappa shape index (κ2) is 8.33. The van der Waals surface area contributed by atoms with E-state index in [4.69, 9.17) is 9.98 Å². The van der Waals surface area contributed by atoms with Gasteiger partial charge in [-0.2, -0.15) is 0 Å². The Hall–Kier alpha value is -3.47. The van der Waals surface area contributed by atoms with Crippen LogP contribution in [-0.4, -0.2) is 27.2 Å². The van der Waals surface area contributed by atoms with Gasteiger partial charge in [-0.3, -0.25) is 4.79 Å². The smallest absolute Gasteiger partial charge is 0.230 e. The Labute approximate surface area is 207 Å². The maximum Gasteiger partial charge on any atom is 0.230 e. The summed E-state index contributed by atoms with van der Waals surface area (Å²) in [5.74, 6) is 0.0793. The number of allylic oxidation sites excluding steroid dienone is 4. The number of H-pyrrole nitrogens is 2. The summed E-state index contributed by atoms with van der Waals surface area (Å²) in [5, 5.41) is 0. The molecule has 0 aromatic carbocycles. The van der Waals surface area contributed by atoms with Gasteiger partial charge < -0.3 is 9.97 Å². The lowest BCUT2D eigenvalue weighted by Crippen LogP contribution is -2.25. The predicted molar refractivity (Wildman–Crippen MR) is 145 cm³/mol. The summed E-state index contributed by atoms with van der Waals surface area (Å²) >= 11 is 0. The molecule has 8 bridgehead atoms. The Morgan fingerprint density at radius 2 is 1.20 bits per heavy atom. The lowest BCUT2D eigenvalue weighted by atomic mass is 9.77. The second-order valence-electron chi connectivity index (χ2n) is 10.8. The molecule has 35 heavy (non-hydrogen) atoms. The van der Waals surface area contributed by atoms with E-state index in [0.717, 1.165) is 69.3 Å². The van der Waals surface area contributed by atoms with Gasteiger partial charge in [-0.25, -0.2) is 9.98 Å². The fourth-order valence-electron chi connectivity index (χ4n) is 5.60. The Morgan fingerprint density at radius 1 is 0.771 bits per heavy atom. The fourth-order valence-corrected chi connectivity index (χ4v) is 5.60. The number of nitrogens with one attached hydrogen (secondary N) is 2. The van der Waals surface area contributed by atoms with Crippen molar-refractivity contribution in [3.8, 4) is 0 Å². The highest BCUT2D eigenvalue weighted by Crippen LogP contribution is 2.41. The maximum absolute atomic E-state index is 13.8. The molecular formula is C30H34N4O. The van der Waals surface area contributed by atoms with E-state index in [9.17, 15) is 4.79 Å². The van der Waals surface area contributed by atoms with E-state index in [-0.39, 0.29) is 17.1 Å². The van der Waals surface area contributed by atoms with Gasteiger partial charge in [0.25, 0.3) is 0 Å². The Kier molecular flexibility index (Phi) is 5.54. The van der Waals surface area contributed by atoms with Crippen molar-refractivity contribution in [3.63, 3.8) is 0 Å². The number of ketones is 1. The van der Waals surface area contributed by atoms with Gasteiger partial charge in [0.1, 0.15) is 11.4 Å². The van der Waals surface area contributed by atoms with Crippen molar-refractivity contribution in [2.24, 2.45) is 15.4 Å². The lowest BCUT2D eigenvalue weighted by molar-refractivity contribution is -0.107. The van der Waals surface area contributed by atoms with Crippen molar-refractivity contribution in [2.45, 2.75) is 67.2 Å². The number of rotatable bonds is 2. The SMILES string of the molecule is CCC1=C(C)/C2=C/c3ccc([nH]3)C(C(C)(C)C)c3ccc([nH]3)/C=C3\N=C(C(=O)C1=N2)C(CC)=C3C. The molecule has 0 spiro atoms. The van der Waals surface area contributed by atoms with Gasteiger partial charge in [0, 0.05) is 28.7 Å². The van der Waals surface area contributed by atoms with E-state index in [1.165, 1.54) is 0 Å². The van der Waals surface area contributed by atoms with Gasteiger partial charge in [-0.05, 0) is 90.8 Å². The number of hydrogen-bond acceptors (Lipinski definition) is 3. The number of hydrogen-bond donors (Lipinski definition) is 2. The number of fused-ring (bicyclic) bond motifs is 6. The Morgan fingerprint density at radius 3 is 1.57 bits per heavy atom. The molecule has 0 atom stereocenters. The molecule has 2 aromatic rings. The summed E-state index contributed by atoms with van der Waals surface area (Å²) in [5.41, 5.74) is 11.2. The molecule has 180 valence electrons. The van der Waals surface area contributed by atoms with Gasteiger partial charge in [0.05, 0.1) is 11.4 Å². The number of aliphatic imine (C=N–C) groups is 2. The van der Waals surface area contributed by atoms with Crippen LogP contribution in [0.4, 0.5) is 0 Å². The molecule has 0 aliphatic carbocycles. The van der Waals surface area contributed by atoms with Crippen LogP contribution in [0.15, 0.2) is 67.9 Å². The first-order valence-electron chi connectivity index (χ1n) is 12.6.